The predicted molar refractivity (Wildman–Crippen MR) is 197 cm³/mol. The molecule has 53 heavy (non-hydrogen) atoms. The molecule has 0 amide bonds. The Labute approximate surface area is 317 Å². The van der Waals surface area contributed by atoms with E-state index in [1.54, 1.807) is 34.6 Å². The minimum atomic E-state index is -1.82. The smallest absolute Gasteiger partial charge is 0.311 e. The van der Waals surface area contributed by atoms with Gasteiger partial charge in [0.1, 0.15) is 41.4 Å². The number of cyclic esters (lactones) is 1. The second kappa shape index (κ2) is 17.0. The Morgan fingerprint density at radius 1 is 0.981 bits per heavy atom. The van der Waals surface area contributed by atoms with Crippen LogP contribution in [0.4, 0.5) is 0 Å². The topological polar surface area (TPSA) is 166 Å². The normalized spacial score (nSPS) is 47.5. The summed E-state index contributed by atoms with van der Waals surface area (Å²) in [5, 5.41) is 46.3. The third-order valence-electron chi connectivity index (χ3n) is 12.5. The zero-order valence-electron chi connectivity index (χ0n) is 34.7. The first-order valence-electron chi connectivity index (χ1n) is 19.7. The van der Waals surface area contributed by atoms with Gasteiger partial charge in [-0.2, -0.15) is 0 Å². The molecular formula is C40H71NO12. The Morgan fingerprint density at radius 2 is 1.62 bits per heavy atom. The Bertz CT molecular complexity index is 1280. The molecule has 3 fully saturated rings. The summed E-state index contributed by atoms with van der Waals surface area (Å²) in [6.45, 7) is 23.1. The molecule has 0 radical (unpaired) electrons. The summed E-state index contributed by atoms with van der Waals surface area (Å²) in [4.78, 5) is 16.4. The van der Waals surface area contributed by atoms with Gasteiger partial charge in [0, 0.05) is 44.4 Å². The number of fused-ring (bicyclic) bond motifs is 2. The van der Waals surface area contributed by atoms with Crippen LogP contribution in [0.25, 0.3) is 0 Å². The molecule has 13 nitrogen and oxygen atoms in total. The lowest BCUT2D eigenvalue weighted by Crippen LogP contribution is -2.60. The number of aliphatic hydroxyl groups excluding tert-OH is 3. The predicted octanol–water partition coefficient (Wildman–Crippen LogP) is 3.92. The zero-order chi connectivity index (χ0) is 40.0. The van der Waals surface area contributed by atoms with Gasteiger partial charge < -0.3 is 58.5 Å². The summed E-state index contributed by atoms with van der Waals surface area (Å²) in [6.07, 6.45) is -7.43. The van der Waals surface area contributed by atoms with Crippen molar-refractivity contribution in [3.8, 4) is 0 Å². The lowest BCUT2D eigenvalue weighted by atomic mass is 9.78. The molecule has 4 N–H and O–H groups in total. The van der Waals surface area contributed by atoms with Gasteiger partial charge in [-0.3, -0.25) is 4.79 Å². The van der Waals surface area contributed by atoms with Gasteiger partial charge in [0.15, 0.2) is 12.6 Å². The molecule has 0 aromatic rings. The maximum atomic E-state index is 14.2. The third-order valence-corrected chi connectivity index (χ3v) is 12.5. The van der Waals surface area contributed by atoms with Crippen LogP contribution in [0.3, 0.4) is 0 Å². The van der Waals surface area contributed by atoms with E-state index in [1.807, 2.05) is 34.7 Å². The standard InChI is InChI=1S/C40H71NO12/c1-15-28-40(12,46)33(43)23(6)31-21(4)17-39(11,53-31)35(52-37-30(42)27(16-22(5)48-37)41(13)19-20(2)3)24(7)32(25(8)36(45)50-28)51-29-18-38(10,47-14)34(44)26(9)49-29/h20,22-30,32-35,37,42-44,46H,15-19H2,1-14H3/t22-,23+,24+,25-,26+,27+,28-,29+,30-,32+,33-,34+,35-,37+,38-,39-,40-/m1/s1. The number of aliphatic hydroxyl groups is 4. The van der Waals surface area contributed by atoms with Crippen LogP contribution in [0.5, 0.6) is 0 Å². The van der Waals surface area contributed by atoms with Gasteiger partial charge in [-0.05, 0) is 79.8 Å². The van der Waals surface area contributed by atoms with Crippen LogP contribution in [0.15, 0.2) is 11.3 Å². The van der Waals surface area contributed by atoms with Crippen molar-refractivity contribution in [2.75, 3.05) is 20.7 Å². The molecule has 4 aliphatic rings. The highest BCUT2D eigenvalue weighted by molar-refractivity contribution is 5.73. The molecule has 0 saturated carbocycles. The van der Waals surface area contributed by atoms with E-state index < -0.39 is 95.8 Å². The number of hydrogen-bond donors (Lipinski definition) is 4. The van der Waals surface area contributed by atoms with Crippen LogP contribution < -0.4 is 0 Å². The number of hydrogen-bond acceptors (Lipinski definition) is 13. The Morgan fingerprint density at radius 3 is 2.21 bits per heavy atom. The number of ether oxygens (including phenoxy) is 7. The van der Waals surface area contributed by atoms with Crippen LogP contribution >= 0.6 is 0 Å². The maximum absolute atomic E-state index is 14.2. The first-order valence-corrected chi connectivity index (χ1v) is 19.7. The van der Waals surface area contributed by atoms with Crippen LogP contribution in [-0.2, 0) is 38.0 Å². The molecule has 4 rings (SSSR count). The molecule has 0 aromatic carbocycles. The average Bonchev–Trinajstić information content (AvgIpc) is 3.40. The van der Waals surface area contributed by atoms with E-state index in [4.69, 9.17) is 33.2 Å². The first kappa shape index (κ1) is 44.3. The van der Waals surface area contributed by atoms with Crippen molar-refractivity contribution in [2.24, 2.45) is 23.7 Å². The van der Waals surface area contributed by atoms with Crippen molar-refractivity contribution in [1.82, 2.24) is 4.90 Å². The summed E-state index contributed by atoms with van der Waals surface area (Å²) in [5.41, 5.74) is -3.01. The fourth-order valence-corrected chi connectivity index (χ4v) is 9.36. The number of rotatable bonds is 9. The summed E-state index contributed by atoms with van der Waals surface area (Å²) in [5.74, 6) is -1.94. The number of esters is 1. The molecule has 3 saturated heterocycles. The molecule has 13 heteroatoms. The van der Waals surface area contributed by atoms with Crippen molar-refractivity contribution in [1.29, 1.82) is 0 Å². The molecule has 4 heterocycles. The largest absolute Gasteiger partial charge is 0.489 e. The molecule has 0 spiro atoms. The van der Waals surface area contributed by atoms with Gasteiger partial charge >= 0.3 is 5.97 Å². The lowest BCUT2D eigenvalue weighted by Gasteiger charge is -2.49. The van der Waals surface area contributed by atoms with Gasteiger partial charge in [0.2, 0.25) is 0 Å². The van der Waals surface area contributed by atoms with Crippen LogP contribution in [0, 0.1) is 23.7 Å². The van der Waals surface area contributed by atoms with E-state index >= 15 is 0 Å². The van der Waals surface area contributed by atoms with E-state index in [-0.39, 0.29) is 25.0 Å². The van der Waals surface area contributed by atoms with Gasteiger partial charge in [-0.1, -0.05) is 34.6 Å². The van der Waals surface area contributed by atoms with Crippen molar-refractivity contribution >= 4 is 5.97 Å². The maximum Gasteiger partial charge on any atom is 0.311 e. The summed E-state index contributed by atoms with van der Waals surface area (Å²) >= 11 is 0. The molecule has 0 aromatic heterocycles. The van der Waals surface area contributed by atoms with Crippen molar-refractivity contribution in [2.45, 2.75) is 193 Å². The minimum absolute atomic E-state index is 0.173. The number of carbonyl (C=O) groups is 1. The monoisotopic (exact) mass is 757 g/mol. The minimum Gasteiger partial charge on any atom is -0.489 e. The van der Waals surface area contributed by atoms with Gasteiger partial charge in [-0.15, -0.1) is 0 Å². The summed E-state index contributed by atoms with van der Waals surface area (Å²) in [6, 6.07) is -0.233. The second-order valence-electron chi connectivity index (χ2n) is 17.7. The first-order chi connectivity index (χ1) is 24.5. The second-order valence-corrected chi connectivity index (χ2v) is 17.7. The molecular weight excluding hydrogens is 686 g/mol. The fraction of sp³-hybridized carbons (Fsp3) is 0.925. The fourth-order valence-electron chi connectivity index (χ4n) is 9.36. The van der Waals surface area contributed by atoms with E-state index in [1.165, 1.54) is 14.0 Å². The summed E-state index contributed by atoms with van der Waals surface area (Å²) in [7, 11) is 3.53. The lowest BCUT2D eigenvalue weighted by molar-refractivity contribution is -0.317. The highest BCUT2D eigenvalue weighted by Gasteiger charge is 2.56. The van der Waals surface area contributed by atoms with Crippen molar-refractivity contribution in [3.05, 3.63) is 11.3 Å². The highest BCUT2D eigenvalue weighted by Crippen LogP contribution is 2.47. The van der Waals surface area contributed by atoms with E-state index in [0.29, 0.717) is 24.5 Å². The Kier molecular flexibility index (Phi) is 14.2. The number of methoxy groups -OCH3 is 1. The Balaban J connectivity index is 1.83. The molecule has 0 unspecified atom stereocenters. The Hall–Kier alpha value is -1.39. The molecule has 4 aliphatic heterocycles. The zero-order valence-corrected chi connectivity index (χ0v) is 34.7. The molecule has 308 valence electrons. The van der Waals surface area contributed by atoms with Crippen LogP contribution in [0.2, 0.25) is 0 Å². The quantitative estimate of drug-likeness (QED) is 0.251. The highest BCUT2D eigenvalue weighted by atomic mass is 16.7. The van der Waals surface area contributed by atoms with Gasteiger partial charge in [0.25, 0.3) is 0 Å². The SMILES string of the molecule is CC[C@H]1OC(=O)[C@H](C)[C@@H](O[C@H]2C[C@@](C)(OC)[C@@H](O)[C@H](C)O2)[C@H](C)[C@@H](O[C@@H]2O[C@H](C)C[C@H](N(C)CC(C)C)[C@H]2O)[C@@]2(C)CC(C)=C(O2)[C@H](C)[C@@H](O)[C@]1(C)O. The third kappa shape index (κ3) is 9.10. The van der Waals surface area contributed by atoms with E-state index in [2.05, 4.69) is 18.7 Å². The number of likely N-dealkylation sites (N-methyl/N-ethyl adjacent to an activating group) is 1. The van der Waals surface area contributed by atoms with Crippen molar-refractivity contribution < 1.29 is 58.4 Å². The molecule has 17 atom stereocenters. The van der Waals surface area contributed by atoms with Gasteiger partial charge in [0.05, 0.1) is 35.9 Å². The van der Waals surface area contributed by atoms with E-state index in [9.17, 15) is 25.2 Å². The summed E-state index contributed by atoms with van der Waals surface area (Å²) < 4.78 is 45.0. The molecule has 2 bridgehead atoms. The number of carbonyl (C=O) groups excluding carboxylic acids is 1. The van der Waals surface area contributed by atoms with E-state index in [0.717, 1.165) is 12.1 Å². The van der Waals surface area contributed by atoms with Crippen LogP contribution in [0.1, 0.15) is 109 Å². The number of nitrogens with zero attached hydrogens (tertiary/aromatic N) is 1. The van der Waals surface area contributed by atoms with Crippen LogP contribution in [-0.4, -0.2) is 136 Å². The molecule has 0 aliphatic carbocycles. The van der Waals surface area contributed by atoms with Gasteiger partial charge in [-0.25, -0.2) is 0 Å². The average molecular weight is 758 g/mol. The van der Waals surface area contributed by atoms with Crippen molar-refractivity contribution in [3.63, 3.8) is 0 Å².